The molecule has 1 saturated heterocycles. The van der Waals surface area contributed by atoms with Crippen molar-refractivity contribution in [2.24, 2.45) is 5.41 Å². The number of aliphatic carboxylic acids is 1. The Bertz CT molecular complexity index is 742. The van der Waals surface area contributed by atoms with Gasteiger partial charge in [0.1, 0.15) is 5.41 Å². The van der Waals surface area contributed by atoms with Gasteiger partial charge in [-0.2, -0.15) is 0 Å². The van der Waals surface area contributed by atoms with Crippen molar-refractivity contribution in [3.8, 4) is 0 Å². The number of thiazole rings is 1. The lowest BCUT2D eigenvalue weighted by molar-refractivity contribution is -0.158. The number of carboxylic acid groups (broad SMARTS) is 1. The topological polar surface area (TPSA) is 79.7 Å². The zero-order valence-electron chi connectivity index (χ0n) is 13.9. The number of benzene rings is 1. The van der Waals surface area contributed by atoms with Gasteiger partial charge in [0.2, 0.25) is 5.91 Å². The van der Waals surface area contributed by atoms with Crippen LogP contribution >= 0.6 is 23.1 Å². The minimum Gasteiger partial charge on any atom is -0.481 e. The van der Waals surface area contributed by atoms with Crippen LogP contribution in [-0.2, 0) is 14.3 Å². The molecule has 134 valence electrons. The number of para-hydroxylation sites is 1. The van der Waals surface area contributed by atoms with E-state index in [0.717, 1.165) is 14.6 Å². The Morgan fingerprint density at radius 2 is 2.24 bits per heavy atom. The van der Waals surface area contributed by atoms with Crippen LogP contribution in [-0.4, -0.2) is 59.4 Å². The minimum absolute atomic E-state index is 0.0503. The van der Waals surface area contributed by atoms with Gasteiger partial charge in [-0.25, -0.2) is 4.98 Å². The summed E-state index contributed by atoms with van der Waals surface area (Å²) in [5, 5.41) is 9.58. The second-order valence-electron chi connectivity index (χ2n) is 6.17. The van der Waals surface area contributed by atoms with Gasteiger partial charge in [-0.15, -0.1) is 11.3 Å². The quantitative estimate of drug-likeness (QED) is 0.776. The van der Waals surface area contributed by atoms with E-state index in [-0.39, 0.29) is 24.8 Å². The highest BCUT2D eigenvalue weighted by molar-refractivity contribution is 8.01. The van der Waals surface area contributed by atoms with E-state index >= 15 is 0 Å². The highest BCUT2D eigenvalue weighted by Gasteiger charge is 2.43. The summed E-state index contributed by atoms with van der Waals surface area (Å²) in [6.07, 6.45) is 1.21. The average molecular weight is 380 g/mol. The maximum absolute atomic E-state index is 12.5. The van der Waals surface area contributed by atoms with E-state index in [1.54, 1.807) is 16.2 Å². The van der Waals surface area contributed by atoms with Gasteiger partial charge in [-0.05, 0) is 25.0 Å². The molecule has 1 N–H and O–H groups in total. The summed E-state index contributed by atoms with van der Waals surface area (Å²) in [7, 11) is 1.49. The first-order valence-corrected chi connectivity index (χ1v) is 9.83. The first-order chi connectivity index (χ1) is 12.0. The molecule has 0 spiro atoms. The van der Waals surface area contributed by atoms with Crippen LogP contribution in [0.3, 0.4) is 0 Å². The first-order valence-electron chi connectivity index (χ1n) is 8.02. The van der Waals surface area contributed by atoms with Crippen molar-refractivity contribution in [2.75, 3.05) is 32.6 Å². The maximum atomic E-state index is 12.5. The molecule has 0 aliphatic carbocycles. The molecule has 8 heteroatoms. The molecule has 1 atom stereocenters. The number of likely N-dealkylation sites (tertiary alicyclic amines) is 1. The second kappa shape index (κ2) is 7.72. The van der Waals surface area contributed by atoms with Gasteiger partial charge < -0.3 is 14.7 Å². The highest BCUT2D eigenvalue weighted by Crippen LogP contribution is 2.33. The van der Waals surface area contributed by atoms with Crippen LogP contribution in [0.15, 0.2) is 28.6 Å². The zero-order valence-corrected chi connectivity index (χ0v) is 15.6. The molecule has 0 bridgehead atoms. The predicted molar refractivity (Wildman–Crippen MR) is 98.1 cm³/mol. The van der Waals surface area contributed by atoms with Gasteiger partial charge in [0, 0.05) is 20.2 Å². The van der Waals surface area contributed by atoms with E-state index in [1.165, 1.54) is 18.9 Å². The smallest absolute Gasteiger partial charge is 0.313 e. The fraction of sp³-hybridized carbons (Fsp3) is 0.471. The number of fused-ring (bicyclic) bond motifs is 1. The third-order valence-electron chi connectivity index (χ3n) is 4.40. The van der Waals surface area contributed by atoms with Gasteiger partial charge in [0.05, 0.1) is 22.6 Å². The largest absolute Gasteiger partial charge is 0.481 e. The summed E-state index contributed by atoms with van der Waals surface area (Å²) in [6, 6.07) is 7.87. The lowest BCUT2D eigenvalue weighted by Gasteiger charge is -2.39. The molecule has 1 aromatic carbocycles. The SMILES string of the molecule is COCC1(C(=O)O)CCCN(C(=O)CSc2nc3ccccc3s2)C1. The fourth-order valence-corrected chi connectivity index (χ4v) is 5.07. The van der Waals surface area contributed by atoms with Crippen molar-refractivity contribution in [2.45, 2.75) is 17.2 Å². The Morgan fingerprint density at radius 1 is 1.44 bits per heavy atom. The number of ether oxygens (including phenoxy) is 1. The molecular weight excluding hydrogens is 360 g/mol. The molecule has 1 aliphatic heterocycles. The fourth-order valence-electron chi connectivity index (χ4n) is 3.10. The van der Waals surface area contributed by atoms with Crippen LogP contribution in [0.25, 0.3) is 10.2 Å². The molecule has 1 aliphatic rings. The summed E-state index contributed by atoms with van der Waals surface area (Å²) < 4.78 is 7.06. The van der Waals surface area contributed by atoms with Crippen LogP contribution in [0, 0.1) is 5.41 Å². The number of hydrogen-bond donors (Lipinski definition) is 1. The molecule has 0 saturated carbocycles. The van der Waals surface area contributed by atoms with Crippen molar-refractivity contribution in [3.05, 3.63) is 24.3 Å². The van der Waals surface area contributed by atoms with Crippen molar-refractivity contribution in [1.82, 2.24) is 9.88 Å². The number of carboxylic acids is 1. The van der Waals surface area contributed by atoms with Gasteiger partial charge >= 0.3 is 5.97 Å². The standard InChI is InChI=1S/C17H20N2O4S2/c1-23-11-17(15(21)22)7-4-8-19(10-17)14(20)9-24-16-18-12-5-2-3-6-13(12)25-16/h2-3,5-6H,4,7-11H2,1H3,(H,21,22). The van der Waals surface area contributed by atoms with Crippen molar-refractivity contribution in [3.63, 3.8) is 0 Å². The predicted octanol–water partition coefficient (Wildman–Crippen LogP) is 2.73. The Labute approximate surface area is 154 Å². The number of aromatic nitrogens is 1. The minimum atomic E-state index is -0.997. The number of amides is 1. The summed E-state index contributed by atoms with van der Waals surface area (Å²) in [5.74, 6) is -0.681. The molecule has 6 nitrogen and oxygen atoms in total. The Balaban J connectivity index is 1.63. The Kier molecular flexibility index (Phi) is 5.61. The number of methoxy groups -OCH3 is 1. The molecule has 25 heavy (non-hydrogen) atoms. The van der Waals surface area contributed by atoms with Gasteiger partial charge in [0.25, 0.3) is 0 Å². The molecule has 0 radical (unpaired) electrons. The Morgan fingerprint density at radius 3 is 2.96 bits per heavy atom. The lowest BCUT2D eigenvalue weighted by atomic mass is 9.80. The molecule has 1 unspecified atom stereocenters. The van der Waals surface area contributed by atoms with E-state index in [9.17, 15) is 14.7 Å². The van der Waals surface area contributed by atoms with E-state index in [1.807, 2.05) is 24.3 Å². The van der Waals surface area contributed by atoms with Gasteiger partial charge in [-0.3, -0.25) is 9.59 Å². The number of carbonyl (C=O) groups excluding carboxylic acids is 1. The van der Waals surface area contributed by atoms with Crippen molar-refractivity contribution >= 4 is 45.2 Å². The van der Waals surface area contributed by atoms with E-state index < -0.39 is 11.4 Å². The zero-order chi connectivity index (χ0) is 17.9. The second-order valence-corrected chi connectivity index (χ2v) is 8.43. The monoisotopic (exact) mass is 380 g/mol. The van der Waals surface area contributed by atoms with Crippen LogP contribution < -0.4 is 0 Å². The molecule has 1 fully saturated rings. The number of carbonyl (C=O) groups is 2. The van der Waals surface area contributed by atoms with Crippen LogP contribution in [0.4, 0.5) is 0 Å². The van der Waals surface area contributed by atoms with Crippen LogP contribution in [0.1, 0.15) is 12.8 Å². The molecular formula is C17H20N2O4S2. The normalized spacial score (nSPS) is 20.8. The highest BCUT2D eigenvalue weighted by atomic mass is 32.2. The number of thioether (sulfide) groups is 1. The first kappa shape index (κ1) is 18.2. The van der Waals surface area contributed by atoms with E-state index in [4.69, 9.17) is 4.74 Å². The third kappa shape index (κ3) is 3.96. The molecule has 3 rings (SSSR count). The van der Waals surface area contributed by atoms with Crippen molar-refractivity contribution in [1.29, 1.82) is 0 Å². The van der Waals surface area contributed by atoms with Crippen LogP contribution in [0.2, 0.25) is 0 Å². The van der Waals surface area contributed by atoms with E-state index in [2.05, 4.69) is 4.98 Å². The number of hydrogen-bond acceptors (Lipinski definition) is 6. The summed E-state index contributed by atoms with van der Waals surface area (Å²) in [6.45, 7) is 0.921. The number of piperidine rings is 1. The summed E-state index contributed by atoms with van der Waals surface area (Å²) in [4.78, 5) is 30.4. The van der Waals surface area contributed by atoms with E-state index in [0.29, 0.717) is 19.4 Å². The maximum Gasteiger partial charge on any atom is 0.313 e. The number of rotatable bonds is 6. The number of nitrogens with zero attached hydrogens (tertiary/aromatic N) is 2. The lowest BCUT2D eigenvalue weighted by Crippen LogP contribution is -2.52. The molecule has 1 amide bonds. The summed E-state index contributed by atoms with van der Waals surface area (Å²) >= 11 is 2.97. The van der Waals surface area contributed by atoms with Gasteiger partial charge in [0.15, 0.2) is 4.34 Å². The van der Waals surface area contributed by atoms with Crippen molar-refractivity contribution < 1.29 is 19.4 Å². The summed E-state index contributed by atoms with van der Waals surface area (Å²) in [5.41, 5.74) is -0.0613. The third-order valence-corrected chi connectivity index (χ3v) is 6.56. The van der Waals surface area contributed by atoms with Gasteiger partial charge in [-0.1, -0.05) is 23.9 Å². The average Bonchev–Trinajstić information content (AvgIpc) is 3.03. The van der Waals surface area contributed by atoms with Crippen LogP contribution in [0.5, 0.6) is 0 Å². The Hall–Kier alpha value is -1.64. The molecule has 2 aromatic rings. The molecule has 2 heterocycles. The molecule has 1 aromatic heterocycles.